The molecule has 0 saturated heterocycles. The highest BCUT2D eigenvalue weighted by Gasteiger charge is 2.23. The largest absolute Gasteiger partial charge is 0.435 e. The van der Waals surface area contributed by atoms with Gasteiger partial charge in [0.15, 0.2) is 5.65 Å². The van der Waals surface area contributed by atoms with Crippen LogP contribution in [0.15, 0.2) is 43.0 Å². The van der Waals surface area contributed by atoms with Crippen LogP contribution in [0.25, 0.3) is 33.5 Å². The summed E-state index contributed by atoms with van der Waals surface area (Å²) in [6.45, 7) is 4.63. The normalized spacial score (nSPS) is 13.0. The lowest BCUT2D eigenvalue weighted by atomic mass is 10.1. The third-order valence-corrected chi connectivity index (χ3v) is 5.63. The summed E-state index contributed by atoms with van der Waals surface area (Å²) in [6, 6.07) is 4.41. The van der Waals surface area contributed by atoms with Gasteiger partial charge in [0.05, 0.1) is 29.5 Å². The molecule has 186 valence electrons. The maximum absolute atomic E-state index is 12.9. The molecule has 4 aromatic heterocycles. The van der Waals surface area contributed by atoms with Crippen LogP contribution in [0, 0.1) is 0 Å². The summed E-state index contributed by atoms with van der Waals surface area (Å²) in [5, 5.41) is 15.0. The van der Waals surface area contributed by atoms with Crippen molar-refractivity contribution in [3.63, 3.8) is 0 Å². The van der Waals surface area contributed by atoms with E-state index in [0.717, 1.165) is 5.56 Å². The summed E-state index contributed by atoms with van der Waals surface area (Å²) < 4.78 is 32.2. The van der Waals surface area contributed by atoms with Gasteiger partial charge in [0.1, 0.15) is 22.7 Å². The Balaban J connectivity index is 1.67. The second kappa shape index (κ2) is 8.70. The predicted octanol–water partition coefficient (Wildman–Crippen LogP) is 4.44. The predicted molar refractivity (Wildman–Crippen MR) is 129 cm³/mol. The number of ether oxygens (including phenoxy) is 1. The Hall–Kier alpha value is -4.35. The van der Waals surface area contributed by atoms with Crippen LogP contribution in [0.4, 0.5) is 8.78 Å². The minimum absolute atomic E-state index is 0.00445. The molecule has 12 heteroatoms. The molecule has 0 bridgehead atoms. The number of benzene rings is 1. The highest BCUT2D eigenvalue weighted by molar-refractivity contribution is 6.05. The van der Waals surface area contributed by atoms with Gasteiger partial charge in [-0.05, 0) is 45.9 Å². The van der Waals surface area contributed by atoms with Crippen LogP contribution >= 0.6 is 0 Å². The number of aromatic amines is 2. The zero-order valence-electron chi connectivity index (χ0n) is 20.0. The summed E-state index contributed by atoms with van der Waals surface area (Å²) in [7, 11) is 0. The van der Waals surface area contributed by atoms with Gasteiger partial charge in [-0.25, -0.2) is 9.97 Å². The quantitative estimate of drug-likeness (QED) is 0.320. The highest BCUT2D eigenvalue weighted by atomic mass is 19.3. The number of carbonyl (C=O) groups is 1. The average molecular weight is 495 g/mol. The van der Waals surface area contributed by atoms with Gasteiger partial charge in [0.25, 0.3) is 5.91 Å². The van der Waals surface area contributed by atoms with Crippen molar-refractivity contribution in [3.8, 4) is 17.1 Å². The number of halogens is 2. The summed E-state index contributed by atoms with van der Waals surface area (Å²) in [6.07, 6.45) is 6.54. The Morgan fingerprint density at radius 2 is 2.00 bits per heavy atom. The van der Waals surface area contributed by atoms with Gasteiger partial charge in [-0.1, -0.05) is 0 Å². The first-order valence-electron chi connectivity index (χ1n) is 11.2. The zero-order valence-corrected chi connectivity index (χ0v) is 20.0. The van der Waals surface area contributed by atoms with Crippen LogP contribution in [0.3, 0.4) is 0 Å². The van der Waals surface area contributed by atoms with E-state index < -0.39 is 12.2 Å². The average Bonchev–Trinajstić information content (AvgIpc) is 3.54. The first-order chi connectivity index (χ1) is 17.1. The van der Waals surface area contributed by atoms with E-state index in [-0.39, 0.29) is 17.7 Å². The van der Waals surface area contributed by atoms with E-state index in [1.165, 1.54) is 18.3 Å². The van der Waals surface area contributed by atoms with Crippen molar-refractivity contribution in [2.24, 2.45) is 0 Å². The van der Waals surface area contributed by atoms with Gasteiger partial charge in [0, 0.05) is 28.9 Å². The van der Waals surface area contributed by atoms with Crippen LogP contribution in [0.5, 0.6) is 5.75 Å². The van der Waals surface area contributed by atoms with E-state index in [2.05, 4.69) is 30.2 Å². The Morgan fingerprint density at radius 3 is 2.69 bits per heavy atom. The third kappa shape index (κ3) is 4.37. The number of hydrogen-bond acceptors (Lipinski definition) is 6. The van der Waals surface area contributed by atoms with Crippen molar-refractivity contribution in [1.29, 1.82) is 0 Å². The lowest BCUT2D eigenvalue weighted by Gasteiger charge is -2.19. The molecule has 0 saturated carbocycles. The second-order valence-corrected chi connectivity index (χ2v) is 9.42. The summed E-state index contributed by atoms with van der Waals surface area (Å²) in [4.78, 5) is 24.9. The topological polar surface area (TPSA) is 126 Å². The molecule has 1 atom stereocenters. The molecule has 0 spiro atoms. The first kappa shape index (κ1) is 23.4. The number of aromatic nitrogens is 7. The number of nitrogens with zero attached hydrogens (tertiary/aromatic N) is 5. The number of amides is 1. The molecule has 0 aliphatic carbocycles. The number of hydrogen-bond donors (Lipinski definition) is 3. The molecule has 0 aliphatic rings. The Labute approximate surface area is 204 Å². The van der Waals surface area contributed by atoms with Crippen LogP contribution in [0.1, 0.15) is 49.7 Å². The number of fused-ring (bicyclic) bond motifs is 2. The Morgan fingerprint density at radius 1 is 1.19 bits per heavy atom. The van der Waals surface area contributed by atoms with Gasteiger partial charge in [-0.3, -0.25) is 14.6 Å². The van der Waals surface area contributed by atoms with Crippen molar-refractivity contribution in [2.45, 2.75) is 45.9 Å². The third-order valence-electron chi connectivity index (χ3n) is 5.63. The molecule has 3 N–H and O–H groups in total. The van der Waals surface area contributed by atoms with Crippen molar-refractivity contribution >= 4 is 28.0 Å². The van der Waals surface area contributed by atoms with Gasteiger partial charge < -0.3 is 15.0 Å². The molecule has 5 rings (SSSR count). The van der Waals surface area contributed by atoms with Crippen molar-refractivity contribution in [1.82, 2.24) is 40.2 Å². The summed E-state index contributed by atoms with van der Waals surface area (Å²) in [5.41, 5.74) is 3.07. The molecule has 4 heterocycles. The molecule has 0 fully saturated rings. The molecular weight excluding hydrogens is 470 g/mol. The molecule has 0 aliphatic heterocycles. The number of carbonyl (C=O) groups excluding carboxylic acids is 1. The van der Waals surface area contributed by atoms with Crippen LogP contribution in [-0.4, -0.2) is 53.0 Å². The molecule has 5 aromatic rings. The van der Waals surface area contributed by atoms with Crippen molar-refractivity contribution < 1.29 is 18.3 Å². The van der Waals surface area contributed by atoms with Gasteiger partial charge >= 0.3 is 6.61 Å². The minimum atomic E-state index is -2.97. The van der Waals surface area contributed by atoms with Crippen molar-refractivity contribution in [2.75, 3.05) is 0 Å². The van der Waals surface area contributed by atoms with E-state index >= 15 is 0 Å². The van der Waals surface area contributed by atoms with Gasteiger partial charge in [-0.2, -0.15) is 19.0 Å². The number of alkyl halides is 2. The SMILES string of the molecule is CC(c1cn[nH]c1)n1nc(-c2cnc3[nH]cc(C(=O)NC(C)(C)C)c3n2)c2cc(OC(F)F)ccc21. The Kier molecular flexibility index (Phi) is 5.65. The highest BCUT2D eigenvalue weighted by Crippen LogP contribution is 2.34. The fourth-order valence-electron chi connectivity index (χ4n) is 4.00. The van der Waals surface area contributed by atoms with E-state index in [9.17, 15) is 13.6 Å². The second-order valence-electron chi connectivity index (χ2n) is 9.42. The number of H-pyrrole nitrogens is 2. The molecule has 1 unspecified atom stereocenters. The monoisotopic (exact) mass is 494 g/mol. The van der Waals surface area contributed by atoms with Crippen molar-refractivity contribution in [3.05, 3.63) is 54.1 Å². The summed E-state index contributed by atoms with van der Waals surface area (Å²) >= 11 is 0. The fourth-order valence-corrected chi connectivity index (χ4v) is 4.00. The zero-order chi connectivity index (χ0) is 25.6. The van der Waals surface area contributed by atoms with Crippen LogP contribution in [-0.2, 0) is 0 Å². The van der Waals surface area contributed by atoms with E-state index in [1.54, 1.807) is 29.3 Å². The maximum Gasteiger partial charge on any atom is 0.387 e. The maximum atomic E-state index is 12.9. The van der Waals surface area contributed by atoms with E-state index in [4.69, 9.17) is 10.1 Å². The Bertz CT molecular complexity index is 1550. The first-order valence-corrected chi connectivity index (χ1v) is 11.2. The van der Waals surface area contributed by atoms with E-state index in [1.807, 2.05) is 27.7 Å². The number of rotatable bonds is 6. The van der Waals surface area contributed by atoms with Gasteiger partial charge in [0.2, 0.25) is 0 Å². The van der Waals surface area contributed by atoms with E-state index in [0.29, 0.717) is 39.0 Å². The standard InChI is InChI=1S/C24H24F2N8O2/c1-12(13-8-29-30-9-13)34-18-6-5-14(36-23(25)26)7-15(18)19(33-34)17-11-28-21-20(31-17)16(10-27-21)22(35)32-24(2,3)4/h5-12,23H,1-4H3,(H,27,28)(H,29,30)(H,32,35). The molecule has 0 radical (unpaired) electrons. The van der Waals surface area contributed by atoms with Crippen LogP contribution in [0.2, 0.25) is 0 Å². The minimum Gasteiger partial charge on any atom is -0.435 e. The smallest absolute Gasteiger partial charge is 0.387 e. The summed E-state index contributed by atoms with van der Waals surface area (Å²) in [5.74, 6) is -0.299. The molecule has 1 aromatic carbocycles. The van der Waals surface area contributed by atoms with Crippen LogP contribution < -0.4 is 10.1 Å². The van der Waals surface area contributed by atoms with Gasteiger partial charge in [-0.15, -0.1) is 0 Å². The lowest BCUT2D eigenvalue weighted by Crippen LogP contribution is -2.40. The molecular formula is C24H24F2N8O2. The fraction of sp³-hybridized carbons (Fsp3) is 0.292. The molecule has 36 heavy (non-hydrogen) atoms. The lowest BCUT2D eigenvalue weighted by molar-refractivity contribution is -0.0497. The molecule has 1 amide bonds. The molecule has 10 nitrogen and oxygen atoms in total. The number of nitrogens with one attached hydrogen (secondary N) is 3.